The summed E-state index contributed by atoms with van der Waals surface area (Å²) >= 11 is 1.12. The number of amides is 1. The number of hydrogen-bond acceptors (Lipinski definition) is 9. The molecule has 0 aromatic carbocycles. The van der Waals surface area contributed by atoms with Gasteiger partial charge < -0.3 is 14.4 Å². The van der Waals surface area contributed by atoms with Gasteiger partial charge in [-0.1, -0.05) is 16.7 Å². The number of sulfonamides is 1. The molecule has 32 heavy (non-hydrogen) atoms. The van der Waals surface area contributed by atoms with Crippen molar-refractivity contribution < 1.29 is 22.3 Å². The maximum Gasteiger partial charge on any atom is 0.252 e. The molecule has 1 aliphatic carbocycles. The maximum absolute atomic E-state index is 13.2. The molecule has 3 aromatic rings. The largest absolute Gasteiger partial charge is 0.360 e. The number of nitrogens with one attached hydrogen (secondary N) is 1. The molecule has 5 rings (SSSR count). The molecular weight excluding hydrogens is 454 g/mol. The van der Waals surface area contributed by atoms with Gasteiger partial charge in [0.25, 0.3) is 10.0 Å². The summed E-state index contributed by atoms with van der Waals surface area (Å²) in [6.07, 6.45) is 4.46. The second-order valence-electron chi connectivity index (χ2n) is 8.25. The molecule has 1 atom stereocenters. The summed E-state index contributed by atoms with van der Waals surface area (Å²) in [5.41, 5.74) is 0.621. The first-order valence-electron chi connectivity index (χ1n) is 10.6. The summed E-state index contributed by atoms with van der Waals surface area (Å²) in [5, 5.41) is 12.2. The van der Waals surface area contributed by atoms with Gasteiger partial charge in [0.2, 0.25) is 17.6 Å². The minimum atomic E-state index is -3.74. The van der Waals surface area contributed by atoms with Crippen LogP contribution in [0.25, 0.3) is 11.4 Å². The zero-order valence-electron chi connectivity index (χ0n) is 17.5. The molecule has 1 amide bonds. The quantitative estimate of drug-likeness (QED) is 0.571. The molecule has 3 aromatic heterocycles. The van der Waals surface area contributed by atoms with Gasteiger partial charge in [-0.25, -0.2) is 8.42 Å². The number of rotatable bonds is 6. The molecule has 1 aliphatic heterocycles. The Balaban J connectivity index is 1.28. The third kappa shape index (κ3) is 4.09. The Morgan fingerprint density at radius 1 is 1.19 bits per heavy atom. The Hall–Kier alpha value is -2.57. The number of piperidine rings is 1. The van der Waals surface area contributed by atoms with Gasteiger partial charge in [0.05, 0.1) is 5.92 Å². The van der Waals surface area contributed by atoms with Crippen LogP contribution in [-0.4, -0.2) is 47.0 Å². The van der Waals surface area contributed by atoms with E-state index in [1.165, 1.54) is 4.31 Å². The first kappa shape index (κ1) is 21.3. The smallest absolute Gasteiger partial charge is 0.252 e. The highest BCUT2D eigenvalue weighted by atomic mass is 32.2. The Morgan fingerprint density at radius 3 is 2.75 bits per heavy atom. The summed E-state index contributed by atoms with van der Waals surface area (Å²) in [6, 6.07) is 3.20. The van der Waals surface area contributed by atoms with Crippen LogP contribution >= 0.6 is 11.3 Å². The van der Waals surface area contributed by atoms with Gasteiger partial charge >= 0.3 is 0 Å². The summed E-state index contributed by atoms with van der Waals surface area (Å²) in [7, 11) is -3.74. The molecule has 2 aliphatic rings. The van der Waals surface area contributed by atoms with E-state index >= 15 is 0 Å². The number of anilines is 1. The highest BCUT2D eigenvalue weighted by Gasteiger charge is 2.35. The Kier molecular flexibility index (Phi) is 5.59. The molecule has 170 valence electrons. The normalized spacial score (nSPS) is 20.2. The van der Waals surface area contributed by atoms with Crippen LogP contribution in [0.1, 0.15) is 49.7 Å². The van der Waals surface area contributed by atoms with Crippen LogP contribution in [-0.2, 0) is 14.8 Å². The van der Waals surface area contributed by atoms with E-state index in [1.54, 1.807) is 24.4 Å². The number of hydrogen-bond donors (Lipinski definition) is 1. The third-order valence-electron chi connectivity index (χ3n) is 5.96. The van der Waals surface area contributed by atoms with Crippen molar-refractivity contribution in [2.24, 2.45) is 5.92 Å². The Bertz CT molecular complexity index is 1230. The molecular formula is C20H23N5O5S2. The van der Waals surface area contributed by atoms with Gasteiger partial charge in [0.1, 0.15) is 9.97 Å². The van der Waals surface area contributed by atoms with Crippen LogP contribution in [0, 0.1) is 12.8 Å². The number of thiophene rings is 1. The van der Waals surface area contributed by atoms with Crippen molar-refractivity contribution in [3.8, 4) is 11.4 Å². The van der Waals surface area contributed by atoms with E-state index in [4.69, 9.17) is 9.05 Å². The Morgan fingerprint density at radius 2 is 2.03 bits per heavy atom. The van der Waals surface area contributed by atoms with Crippen molar-refractivity contribution in [1.29, 1.82) is 0 Å². The average molecular weight is 478 g/mol. The lowest BCUT2D eigenvalue weighted by Gasteiger charge is -2.30. The SMILES string of the molecule is Cc1cc(NC(=O)[C@@H]2CCCN(S(=O)(=O)c3cc(-c4noc(C5CCC5)n4)cs3)C2)no1. The van der Waals surface area contributed by atoms with Crippen LogP contribution < -0.4 is 5.32 Å². The fourth-order valence-corrected chi connectivity index (χ4v) is 6.73. The second-order valence-corrected chi connectivity index (χ2v) is 11.3. The van der Waals surface area contributed by atoms with Gasteiger partial charge in [-0.05, 0) is 38.7 Å². The summed E-state index contributed by atoms with van der Waals surface area (Å²) in [6.45, 7) is 2.22. The first-order valence-corrected chi connectivity index (χ1v) is 12.9. The standard InChI is InChI=1S/C20H23N5O5S2/c1-12-8-16(23-29-12)21-19(26)14-6-3-7-25(10-14)32(27,28)17-9-15(11-31-17)18-22-20(30-24-18)13-4-2-5-13/h8-9,11,13-14H,2-7,10H2,1H3,(H,21,23,26)/t14-/m1/s1. The minimum Gasteiger partial charge on any atom is -0.360 e. The van der Waals surface area contributed by atoms with Crippen molar-refractivity contribution in [2.75, 3.05) is 18.4 Å². The maximum atomic E-state index is 13.2. The highest BCUT2D eigenvalue weighted by molar-refractivity contribution is 7.91. The number of aromatic nitrogens is 3. The fourth-order valence-electron chi connectivity index (χ4n) is 3.90. The zero-order chi connectivity index (χ0) is 22.3. The number of aryl methyl sites for hydroxylation is 1. The van der Waals surface area contributed by atoms with Gasteiger partial charge in [-0.3, -0.25) is 4.79 Å². The monoisotopic (exact) mass is 477 g/mol. The minimum absolute atomic E-state index is 0.117. The molecule has 0 spiro atoms. The van der Waals surface area contributed by atoms with Crippen LogP contribution in [0.15, 0.2) is 30.8 Å². The van der Waals surface area contributed by atoms with Crippen LogP contribution in [0.4, 0.5) is 5.82 Å². The summed E-state index contributed by atoms with van der Waals surface area (Å²) < 4.78 is 38.4. The fraction of sp³-hybridized carbons (Fsp3) is 0.500. The predicted molar refractivity (Wildman–Crippen MR) is 116 cm³/mol. The van der Waals surface area contributed by atoms with E-state index in [2.05, 4.69) is 20.6 Å². The lowest BCUT2D eigenvalue weighted by atomic mass is 9.85. The lowest BCUT2D eigenvalue weighted by Crippen LogP contribution is -2.43. The van der Waals surface area contributed by atoms with Gasteiger partial charge in [0.15, 0.2) is 5.82 Å². The van der Waals surface area contributed by atoms with Crippen LogP contribution in [0.2, 0.25) is 0 Å². The van der Waals surface area contributed by atoms with Gasteiger partial charge in [0, 0.05) is 36.0 Å². The molecule has 10 nitrogen and oxygen atoms in total. The topological polar surface area (TPSA) is 131 Å². The molecule has 4 heterocycles. The van der Waals surface area contributed by atoms with E-state index in [0.717, 1.165) is 30.6 Å². The number of carbonyl (C=O) groups excluding carboxylic acids is 1. The molecule has 0 radical (unpaired) electrons. The molecule has 1 saturated heterocycles. The molecule has 1 N–H and O–H groups in total. The molecule has 0 bridgehead atoms. The van der Waals surface area contributed by atoms with Gasteiger partial charge in [-0.2, -0.15) is 9.29 Å². The van der Waals surface area contributed by atoms with Crippen molar-refractivity contribution in [1.82, 2.24) is 19.6 Å². The van der Waals surface area contributed by atoms with Crippen molar-refractivity contribution in [3.63, 3.8) is 0 Å². The van der Waals surface area contributed by atoms with Crippen molar-refractivity contribution in [2.45, 2.75) is 49.2 Å². The molecule has 0 unspecified atom stereocenters. The van der Waals surface area contributed by atoms with E-state index in [1.807, 2.05) is 0 Å². The van der Waals surface area contributed by atoms with E-state index in [-0.39, 0.29) is 16.7 Å². The Labute approximate surface area is 189 Å². The van der Waals surface area contributed by atoms with Crippen LogP contribution in [0.5, 0.6) is 0 Å². The van der Waals surface area contributed by atoms with E-state index in [9.17, 15) is 13.2 Å². The van der Waals surface area contributed by atoms with E-state index < -0.39 is 15.9 Å². The van der Waals surface area contributed by atoms with Crippen molar-refractivity contribution >= 4 is 33.1 Å². The predicted octanol–water partition coefficient (Wildman–Crippen LogP) is 3.40. The van der Waals surface area contributed by atoms with Crippen LogP contribution in [0.3, 0.4) is 0 Å². The molecule has 12 heteroatoms. The van der Waals surface area contributed by atoms with Crippen molar-refractivity contribution in [3.05, 3.63) is 29.2 Å². The summed E-state index contributed by atoms with van der Waals surface area (Å²) in [5.74, 6) is 1.53. The number of carbonyl (C=O) groups is 1. The van der Waals surface area contributed by atoms with E-state index in [0.29, 0.717) is 54.2 Å². The van der Waals surface area contributed by atoms with Gasteiger partial charge in [-0.15, -0.1) is 11.3 Å². The average Bonchev–Trinajstić information content (AvgIpc) is 3.48. The summed E-state index contributed by atoms with van der Waals surface area (Å²) in [4.78, 5) is 17.1. The third-order valence-corrected chi connectivity index (χ3v) is 9.24. The number of nitrogens with zero attached hydrogens (tertiary/aromatic N) is 4. The second kappa shape index (κ2) is 8.41. The highest BCUT2D eigenvalue weighted by Crippen LogP contribution is 2.37. The first-order chi connectivity index (χ1) is 15.4. The molecule has 2 fully saturated rings. The lowest BCUT2D eigenvalue weighted by molar-refractivity contribution is -0.120. The molecule has 1 saturated carbocycles. The zero-order valence-corrected chi connectivity index (χ0v) is 19.1.